The Morgan fingerprint density at radius 3 is 2.39 bits per heavy atom. The summed E-state index contributed by atoms with van der Waals surface area (Å²) in [5.41, 5.74) is -1.41. The van der Waals surface area contributed by atoms with E-state index in [1.807, 2.05) is 19.0 Å². The molecule has 0 spiro atoms. The number of carbonyl (C=O) groups excluding carboxylic acids is 2. The molecule has 0 bridgehead atoms. The molecule has 0 saturated carbocycles. The van der Waals surface area contributed by atoms with Gasteiger partial charge in [-0.15, -0.1) is 5.12 Å². The van der Waals surface area contributed by atoms with Crippen LogP contribution in [0.2, 0.25) is 0 Å². The Kier molecular flexibility index (Phi) is 9.13. The number of halogens is 3. The Labute approximate surface area is 193 Å². The molecule has 1 aliphatic rings. The summed E-state index contributed by atoms with van der Waals surface area (Å²) in [6, 6.07) is 3.96. The normalized spacial score (nSPS) is 15.4. The molecule has 0 aromatic heterocycles. The van der Waals surface area contributed by atoms with Crippen molar-refractivity contribution in [3.05, 3.63) is 23.8 Å². The minimum absolute atomic E-state index is 0.0566. The summed E-state index contributed by atoms with van der Waals surface area (Å²) in [6.07, 6.45) is 0.661. The maximum atomic E-state index is 15.2. The third kappa shape index (κ3) is 7.60. The number of esters is 1. The van der Waals surface area contributed by atoms with Gasteiger partial charge in [-0.1, -0.05) is 4.48 Å². The average molecular weight is 474 g/mol. The highest BCUT2D eigenvalue weighted by atomic mass is 19.3. The number of nitrogens with one attached hydrogen (secondary N) is 1. The molecule has 0 radical (unpaired) electrons. The molecule has 1 aromatic rings. The monoisotopic (exact) mass is 473 g/mol. The number of ether oxygens (including phenoxy) is 2. The molecule has 1 N–H and O–H groups in total. The summed E-state index contributed by atoms with van der Waals surface area (Å²) in [7, 11) is 3.86. The first-order chi connectivity index (χ1) is 15.3. The first kappa shape index (κ1) is 26.9. The maximum absolute atomic E-state index is 15.2. The molecule has 1 aliphatic heterocycles. The highest BCUT2D eigenvalue weighted by Crippen LogP contribution is 2.37. The van der Waals surface area contributed by atoms with Crippen LogP contribution in [0.4, 0.5) is 24.6 Å². The van der Waals surface area contributed by atoms with Gasteiger partial charge >= 0.3 is 17.8 Å². The zero-order chi connectivity index (χ0) is 24.8. The molecule has 1 heterocycles. The fourth-order valence-corrected chi connectivity index (χ4v) is 3.41. The van der Waals surface area contributed by atoms with E-state index in [1.165, 1.54) is 18.2 Å². The van der Waals surface area contributed by atoms with Crippen LogP contribution in [0.25, 0.3) is 0 Å². The molecule has 0 atom stereocenters. The molecular formula is C23H34F3N3O4. The molecule has 1 saturated heterocycles. The van der Waals surface area contributed by atoms with E-state index in [0.29, 0.717) is 12.2 Å². The van der Waals surface area contributed by atoms with Crippen molar-refractivity contribution in [3.63, 3.8) is 0 Å². The molecule has 0 aliphatic carbocycles. The van der Waals surface area contributed by atoms with E-state index in [1.54, 1.807) is 20.8 Å². The number of hydrogen-bond acceptors (Lipinski definition) is 6. The Morgan fingerprint density at radius 1 is 1.18 bits per heavy atom. The summed E-state index contributed by atoms with van der Waals surface area (Å²) in [5.74, 6) is -8.21. The van der Waals surface area contributed by atoms with Gasteiger partial charge in [0, 0.05) is 31.4 Å². The molecule has 1 fully saturated rings. The van der Waals surface area contributed by atoms with Gasteiger partial charge < -0.3 is 19.7 Å². The zero-order valence-corrected chi connectivity index (χ0v) is 19.9. The number of anilines is 2. The van der Waals surface area contributed by atoms with Crippen molar-refractivity contribution in [2.24, 2.45) is 5.92 Å². The Morgan fingerprint density at radius 2 is 1.82 bits per heavy atom. The number of alkyl halides is 2. The predicted octanol–water partition coefficient (Wildman–Crippen LogP) is 4.28. The number of rotatable bonds is 9. The van der Waals surface area contributed by atoms with Gasteiger partial charge in [0.15, 0.2) is 0 Å². The SMILES string of the molecule is CN(C)CCCNc1ccc(C(=O)OC(C)(C)C)c(N(F)C(=O)C(F)(F)C2CCOCC2)c1. The van der Waals surface area contributed by atoms with Crippen LogP contribution in [0.15, 0.2) is 18.2 Å². The number of nitrogens with zero attached hydrogens (tertiary/aromatic N) is 2. The highest BCUT2D eigenvalue weighted by Gasteiger charge is 2.51. The first-order valence-electron chi connectivity index (χ1n) is 11.0. The Bertz CT molecular complexity index is 822. The van der Waals surface area contributed by atoms with E-state index in [-0.39, 0.29) is 31.6 Å². The summed E-state index contributed by atoms with van der Waals surface area (Å²) < 4.78 is 55.3. The third-order valence-electron chi connectivity index (χ3n) is 5.14. The van der Waals surface area contributed by atoms with Crippen LogP contribution in [-0.4, -0.2) is 68.7 Å². The van der Waals surface area contributed by atoms with Crippen molar-refractivity contribution in [1.29, 1.82) is 0 Å². The van der Waals surface area contributed by atoms with Crippen LogP contribution >= 0.6 is 0 Å². The zero-order valence-electron chi connectivity index (χ0n) is 19.9. The largest absolute Gasteiger partial charge is 0.456 e. The summed E-state index contributed by atoms with van der Waals surface area (Å²) in [6.45, 7) is 6.38. The van der Waals surface area contributed by atoms with Crippen LogP contribution in [0.3, 0.4) is 0 Å². The Balaban J connectivity index is 2.32. The molecule has 33 heavy (non-hydrogen) atoms. The van der Waals surface area contributed by atoms with Gasteiger partial charge in [0.1, 0.15) is 5.60 Å². The Hall–Kier alpha value is -2.33. The van der Waals surface area contributed by atoms with E-state index in [9.17, 15) is 18.4 Å². The van der Waals surface area contributed by atoms with E-state index in [4.69, 9.17) is 9.47 Å². The fourth-order valence-electron chi connectivity index (χ4n) is 3.41. The smallest absolute Gasteiger partial charge is 0.340 e. The lowest BCUT2D eigenvalue weighted by Crippen LogP contribution is -2.47. The third-order valence-corrected chi connectivity index (χ3v) is 5.14. The second kappa shape index (κ2) is 11.2. The maximum Gasteiger partial charge on any atom is 0.340 e. The lowest BCUT2D eigenvalue weighted by molar-refractivity contribution is -0.159. The van der Waals surface area contributed by atoms with Crippen LogP contribution in [0.1, 0.15) is 50.4 Å². The summed E-state index contributed by atoms with van der Waals surface area (Å²) in [4.78, 5) is 27.2. The molecule has 186 valence electrons. The van der Waals surface area contributed by atoms with Gasteiger partial charge in [-0.05, 0) is 78.9 Å². The van der Waals surface area contributed by atoms with Gasteiger partial charge in [-0.25, -0.2) is 4.79 Å². The van der Waals surface area contributed by atoms with Crippen LogP contribution in [0, 0.1) is 5.92 Å². The van der Waals surface area contributed by atoms with Gasteiger partial charge in [0.2, 0.25) is 0 Å². The summed E-state index contributed by atoms with van der Waals surface area (Å²) >= 11 is 0. The second-order valence-corrected chi connectivity index (χ2v) is 9.41. The van der Waals surface area contributed by atoms with E-state index in [2.05, 4.69) is 5.32 Å². The molecule has 1 aromatic carbocycles. The predicted molar refractivity (Wildman–Crippen MR) is 120 cm³/mol. The van der Waals surface area contributed by atoms with E-state index in [0.717, 1.165) is 13.0 Å². The van der Waals surface area contributed by atoms with Crippen molar-refractivity contribution in [3.8, 4) is 0 Å². The van der Waals surface area contributed by atoms with E-state index < -0.39 is 40.1 Å². The standard InChI is InChI=1S/C23H34F3N3O4/c1-22(2,3)33-20(30)18-8-7-17(27-11-6-12-28(4)5)15-19(18)29(26)21(31)23(24,25)16-9-13-32-14-10-16/h7-8,15-16,27H,6,9-14H2,1-5H3. The van der Waals surface area contributed by atoms with Gasteiger partial charge in [0.25, 0.3) is 0 Å². The molecular weight excluding hydrogens is 439 g/mol. The van der Waals surface area contributed by atoms with Crippen LogP contribution in [0.5, 0.6) is 0 Å². The minimum Gasteiger partial charge on any atom is -0.456 e. The quantitative estimate of drug-likeness (QED) is 0.328. The van der Waals surface area contributed by atoms with Gasteiger partial charge in [-0.2, -0.15) is 8.78 Å². The fraction of sp³-hybridized carbons (Fsp3) is 0.652. The highest BCUT2D eigenvalue weighted by molar-refractivity contribution is 6.04. The topological polar surface area (TPSA) is 71.1 Å². The van der Waals surface area contributed by atoms with Crippen molar-refractivity contribution >= 4 is 23.3 Å². The number of benzene rings is 1. The molecule has 10 heteroatoms. The molecule has 2 rings (SSSR count). The summed E-state index contributed by atoms with van der Waals surface area (Å²) in [5, 5.41) is 2.44. The molecule has 1 amide bonds. The number of carbonyl (C=O) groups is 2. The average Bonchev–Trinajstić information content (AvgIpc) is 2.74. The second-order valence-electron chi connectivity index (χ2n) is 9.41. The first-order valence-corrected chi connectivity index (χ1v) is 11.0. The van der Waals surface area contributed by atoms with Crippen molar-refractivity contribution in [2.45, 2.75) is 51.6 Å². The van der Waals surface area contributed by atoms with Crippen molar-refractivity contribution in [2.75, 3.05) is 50.8 Å². The minimum atomic E-state index is -3.95. The van der Waals surface area contributed by atoms with Gasteiger partial charge in [0.05, 0.1) is 11.3 Å². The molecule has 7 nitrogen and oxygen atoms in total. The van der Waals surface area contributed by atoms with Crippen LogP contribution in [-0.2, 0) is 14.3 Å². The lowest BCUT2D eigenvalue weighted by Gasteiger charge is -2.30. The number of hydrogen-bond donors (Lipinski definition) is 1. The molecule has 0 unspecified atom stereocenters. The van der Waals surface area contributed by atoms with Gasteiger partial charge in [-0.3, -0.25) is 4.79 Å². The van der Waals surface area contributed by atoms with Crippen molar-refractivity contribution in [1.82, 2.24) is 4.90 Å². The number of amides is 1. The van der Waals surface area contributed by atoms with E-state index >= 15 is 4.48 Å². The lowest BCUT2D eigenvalue weighted by atomic mass is 9.92. The van der Waals surface area contributed by atoms with Crippen molar-refractivity contribution < 1.29 is 32.3 Å². The van der Waals surface area contributed by atoms with Crippen LogP contribution < -0.4 is 10.4 Å².